The van der Waals surface area contributed by atoms with Gasteiger partial charge in [0, 0.05) is 12.4 Å². The SMILES string of the molecule is Cn1cc(NS(=O)(=O)c2ccc3occc3c2)c(Cl)n1. The van der Waals surface area contributed by atoms with Gasteiger partial charge >= 0.3 is 0 Å². The number of fused-ring (bicyclic) bond motifs is 1. The number of aromatic nitrogens is 2. The maximum atomic E-state index is 12.3. The highest BCUT2D eigenvalue weighted by molar-refractivity contribution is 7.92. The fourth-order valence-electron chi connectivity index (χ4n) is 1.85. The van der Waals surface area contributed by atoms with E-state index in [1.165, 1.54) is 29.3 Å². The van der Waals surface area contributed by atoms with Crippen LogP contribution in [0, 0.1) is 0 Å². The molecule has 0 spiro atoms. The molecular formula is C12H10ClN3O3S. The lowest BCUT2D eigenvalue weighted by Gasteiger charge is -2.06. The molecular weight excluding hydrogens is 302 g/mol. The summed E-state index contributed by atoms with van der Waals surface area (Å²) in [7, 11) is -2.07. The summed E-state index contributed by atoms with van der Waals surface area (Å²) in [5.74, 6) is 0. The number of sulfonamides is 1. The number of halogens is 1. The van der Waals surface area contributed by atoms with Crippen LogP contribution in [0.15, 0.2) is 46.0 Å². The van der Waals surface area contributed by atoms with Crippen molar-refractivity contribution in [2.24, 2.45) is 7.05 Å². The molecule has 0 saturated heterocycles. The van der Waals surface area contributed by atoms with Crippen LogP contribution in [0.2, 0.25) is 5.15 Å². The summed E-state index contributed by atoms with van der Waals surface area (Å²) < 4.78 is 33.6. The predicted octanol–water partition coefficient (Wildman–Crippen LogP) is 2.62. The van der Waals surface area contributed by atoms with E-state index < -0.39 is 10.0 Å². The Labute approximate surface area is 120 Å². The van der Waals surface area contributed by atoms with Gasteiger partial charge < -0.3 is 4.42 Å². The smallest absolute Gasteiger partial charge is 0.262 e. The van der Waals surface area contributed by atoms with Crippen LogP contribution in [0.5, 0.6) is 0 Å². The van der Waals surface area contributed by atoms with E-state index in [2.05, 4.69) is 9.82 Å². The number of nitrogens with zero attached hydrogens (tertiary/aromatic N) is 2. The van der Waals surface area contributed by atoms with Gasteiger partial charge in [-0.2, -0.15) is 5.10 Å². The summed E-state index contributed by atoms with van der Waals surface area (Å²) in [5.41, 5.74) is 0.866. The van der Waals surface area contributed by atoms with Crippen LogP contribution in [0.1, 0.15) is 0 Å². The van der Waals surface area contributed by atoms with E-state index in [-0.39, 0.29) is 15.7 Å². The summed E-state index contributed by atoms with van der Waals surface area (Å²) in [4.78, 5) is 0.131. The van der Waals surface area contributed by atoms with Crippen LogP contribution in [-0.4, -0.2) is 18.2 Å². The molecule has 0 aliphatic carbocycles. The lowest BCUT2D eigenvalue weighted by molar-refractivity contribution is 0.601. The molecule has 20 heavy (non-hydrogen) atoms. The average Bonchev–Trinajstić information content (AvgIpc) is 2.95. The van der Waals surface area contributed by atoms with Gasteiger partial charge in [-0.25, -0.2) is 8.42 Å². The molecule has 1 N–H and O–H groups in total. The summed E-state index contributed by atoms with van der Waals surface area (Å²) in [5, 5.41) is 4.68. The minimum atomic E-state index is -3.72. The third-order valence-electron chi connectivity index (χ3n) is 2.76. The summed E-state index contributed by atoms with van der Waals surface area (Å²) in [6.07, 6.45) is 3.00. The van der Waals surface area contributed by atoms with Crippen molar-refractivity contribution in [3.63, 3.8) is 0 Å². The Bertz CT molecular complexity index is 882. The number of hydrogen-bond acceptors (Lipinski definition) is 4. The standard InChI is InChI=1S/C12H10ClN3O3S/c1-16-7-10(12(13)14-16)15-20(17,18)9-2-3-11-8(6-9)4-5-19-11/h2-7,15H,1H3. The number of rotatable bonds is 3. The van der Waals surface area contributed by atoms with E-state index in [4.69, 9.17) is 16.0 Å². The molecule has 0 bridgehead atoms. The highest BCUT2D eigenvalue weighted by atomic mass is 35.5. The molecule has 0 aliphatic heterocycles. The molecule has 0 saturated carbocycles. The molecule has 2 aromatic heterocycles. The Balaban J connectivity index is 2.00. The second kappa shape index (κ2) is 4.53. The Morgan fingerprint density at radius 1 is 1.35 bits per heavy atom. The zero-order valence-electron chi connectivity index (χ0n) is 10.4. The fraction of sp³-hybridized carbons (Fsp3) is 0.0833. The third-order valence-corrected chi connectivity index (χ3v) is 4.40. The number of furan rings is 1. The first-order valence-electron chi connectivity index (χ1n) is 5.65. The highest BCUT2D eigenvalue weighted by Gasteiger charge is 2.18. The van der Waals surface area contributed by atoms with Crippen LogP contribution in [0.4, 0.5) is 5.69 Å². The van der Waals surface area contributed by atoms with Crippen LogP contribution in [-0.2, 0) is 17.1 Å². The van der Waals surface area contributed by atoms with Gasteiger partial charge in [0.15, 0.2) is 5.15 Å². The highest BCUT2D eigenvalue weighted by Crippen LogP contribution is 2.25. The molecule has 0 aliphatic rings. The predicted molar refractivity (Wildman–Crippen MR) is 75.2 cm³/mol. The zero-order valence-corrected chi connectivity index (χ0v) is 11.9. The molecule has 1 aromatic carbocycles. The van der Waals surface area contributed by atoms with E-state index in [1.54, 1.807) is 19.2 Å². The van der Waals surface area contributed by atoms with Crippen molar-refractivity contribution in [3.05, 3.63) is 41.9 Å². The third kappa shape index (κ3) is 2.25. The molecule has 0 amide bonds. The maximum absolute atomic E-state index is 12.3. The van der Waals surface area contributed by atoms with E-state index in [0.717, 1.165) is 0 Å². The molecule has 0 fully saturated rings. The lowest BCUT2D eigenvalue weighted by atomic mass is 10.3. The molecule has 6 nitrogen and oxygen atoms in total. The summed E-state index contributed by atoms with van der Waals surface area (Å²) >= 11 is 5.84. The van der Waals surface area contributed by atoms with Crippen LogP contribution >= 0.6 is 11.6 Å². The topological polar surface area (TPSA) is 77.1 Å². The molecule has 3 aromatic rings. The Hall–Kier alpha value is -1.99. The van der Waals surface area contributed by atoms with E-state index in [9.17, 15) is 8.42 Å². The van der Waals surface area contributed by atoms with Gasteiger partial charge in [0.2, 0.25) is 0 Å². The van der Waals surface area contributed by atoms with E-state index in [0.29, 0.717) is 11.0 Å². The molecule has 104 valence electrons. The van der Waals surface area contributed by atoms with Crippen molar-refractivity contribution in [2.45, 2.75) is 4.90 Å². The van der Waals surface area contributed by atoms with Crippen LogP contribution in [0.3, 0.4) is 0 Å². The van der Waals surface area contributed by atoms with Gasteiger partial charge in [-0.1, -0.05) is 11.6 Å². The van der Waals surface area contributed by atoms with Crippen molar-refractivity contribution in [1.29, 1.82) is 0 Å². The summed E-state index contributed by atoms with van der Waals surface area (Å²) in [6, 6.07) is 6.31. The van der Waals surface area contributed by atoms with Gasteiger partial charge in [0.05, 0.1) is 17.4 Å². The van der Waals surface area contributed by atoms with Crippen molar-refractivity contribution >= 4 is 38.3 Å². The van der Waals surface area contributed by atoms with Crippen LogP contribution < -0.4 is 4.72 Å². The molecule has 0 unspecified atom stereocenters. The number of benzene rings is 1. The molecule has 0 atom stereocenters. The van der Waals surface area contributed by atoms with Gasteiger partial charge in [-0.3, -0.25) is 9.40 Å². The number of anilines is 1. The van der Waals surface area contributed by atoms with Crippen molar-refractivity contribution < 1.29 is 12.8 Å². The second-order valence-electron chi connectivity index (χ2n) is 4.23. The van der Waals surface area contributed by atoms with Crippen molar-refractivity contribution in [3.8, 4) is 0 Å². The van der Waals surface area contributed by atoms with Crippen molar-refractivity contribution in [1.82, 2.24) is 9.78 Å². The normalized spacial score (nSPS) is 11.9. The van der Waals surface area contributed by atoms with Crippen LogP contribution in [0.25, 0.3) is 11.0 Å². The number of nitrogens with one attached hydrogen (secondary N) is 1. The largest absolute Gasteiger partial charge is 0.464 e. The minimum absolute atomic E-state index is 0.0977. The van der Waals surface area contributed by atoms with Gasteiger partial charge in [0.1, 0.15) is 11.3 Å². The molecule has 3 rings (SSSR count). The van der Waals surface area contributed by atoms with Crippen molar-refractivity contribution in [2.75, 3.05) is 4.72 Å². The maximum Gasteiger partial charge on any atom is 0.262 e. The van der Waals surface area contributed by atoms with Gasteiger partial charge in [-0.05, 0) is 24.3 Å². The average molecular weight is 312 g/mol. The van der Waals surface area contributed by atoms with E-state index >= 15 is 0 Å². The number of hydrogen-bond donors (Lipinski definition) is 1. The van der Waals surface area contributed by atoms with Gasteiger partial charge in [-0.15, -0.1) is 0 Å². The first-order chi connectivity index (χ1) is 9.45. The number of aryl methyl sites for hydroxylation is 1. The molecule has 2 heterocycles. The summed E-state index contributed by atoms with van der Waals surface area (Å²) in [6.45, 7) is 0. The first-order valence-corrected chi connectivity index (χ1v) is 7.51. The first kappa shape index (κ1) is 13.0. The lowest BCUT2D eigenvalue weighted by Crippen LogP contribution is -2.12. The Kier molecular flexibility index (Phi) is 2.95. The minimum Gasteiger partial charge on any atom is -0.464 e. The molecule has 0 radical (unpaired) electrons. The second-order valence-corrected chi connectivity index (χ2v) is 6.27. The Morgan fingerprint density at radius 2 is 2.15 bits per heavy atom. The molecule has 8 heteroatoms. The van der Waals surface area contributed by atoms with E-state index in [1.807, 2.05) is 0 Å². The zero-order chi connectivity index (χ0) is 14.3. The fourth-order valence-corrected chi connectivity index (χ4v) is 3.20. The monoisotopic (exact) mass is 311 g/mol. The quantitative estimate of drug-likeness (QED) is 0.806. The van der Waals surface area contributed by atoms with Gasteiger partial charge in [0.25, 0.3) is 10.0 Å². The Morgan fingerprint density at radius 3 is 2.85 bits per heavy atom.